The first kappa shape index (κ1) is 13.0. The maximum absolute atomic E-state index is 3.67. The van der Waals surface area contributed by atoms with Crippen molar-refractivity contribution in [2.24, 2.45) is 17.8 Å². The van der Waals surface area contributed by atoms with E-state index in [2.05, 4.69) is 26.1 Å². The second kappa shape index (κ2) is 7.27. The number of hydrogen-bond donors (Lipinski definition) is 1. The smallest absolute Gasteiger partial charge is 0.00204 e. The molecule has 0 spiro atoms. The van der Waals surface area contributed by atoms with E-state index in [-0.39, 0.29) is 0 Å². The lowest BCUT2D eigenvalue weighted by Crippen LogP contribution is -2.29. The maximum atomic E-state index is 3.67. The van der Waals surface area contributed by atoms with Crippen molar-refractivity contribution in [2.45, 2.75) is 59.3 Å². The van der Waals surface area contributed by atoms with E-state index in [0.717, 1.165) is 17.8 Å². The number of nitrogens with one attached hydrogen (secondary N) is 1. The van der Waals surface area contributed by atoms with Crippen molar-refractivity contribution in [1.82, 2.24) is 5.32 Å². The van der Waals surface area contributed by atoms with Gasteiger partial charge in [0.1, 0.15) is 0 Å². The standard InChI is InChI=1S/C14H29N/c1-4-13(5-2)10-15-11-14-8-6-12(3)7-9-14/h12-15H,4-11H2,1-3H3. The average Bonchev–Trinajstić information content (AvgIpc) is 2.27. The molecular formula is C14H29N. The maximum Gasteiger partial charge on any atom is -0.00204 e. The summed E-state index contributed by atoms with van der Waals surface area (Å²) in [4.78, 5) is 0. The molecule has 0 aliphatic heterocycles. The summed E-state index contributed by atoms with van der Waals surface area (Å²) in [6.07, 6.45) is 8.47. The van der Waals surface area contributed by atoms with Gasteiger partial charge in [-0.05, 0) is 43.7 Å². The zero-order valence-corrected chi connectivity index (χ0v) is 10.9. The van der Waals surface area contributed by atoms with Gasteiger partial charge in [-0.15, -0.1) is 0 Å². The highest BCUT2D eigenvalue weighted by Gasteiger charge is 2.17. The van der Waals surface area contributed by atoms with Crippen LogP contribution in [0, 0.1) is 17.8 Å². The Kier molecular flexibility index (Phi) is 6.31. The van der Waals surface area contributed by atoms with Crippen molar-refractivity contribution in [3.8, 4) is 0 Å². The monoisotopic (exact) mass is 211 g/mol. The Hall–Kier alpha value is -0.0400. The summed E-state index contributed by atoms with van der Waals surface area (Å²) in [5, 5.41) is 3.67. The molecule has 0 aromatic carbocycles. The molecule has 1 aliphatic rings. The van der Waals surface area contributed by atoms with Crippen LogP contribution in [0.3, 0.4) is 0 Å². The Morgan fingerprint density at radius 1 is 1.07 bits per heavy atom. The highest BCUT2D eigenvalue weighted by Crippen LogP contribution is 2.27. The average molecular weight is 211 g/mol. The van der Waals surface area contributed by atoms with Crippen LogP contribution in [0.4, 0.5) is 0 Å². The van der Waals surface area contributed by atoms with E-state index in [1.165, 1.54) is 51.6 Å². The molecule has 0 aromatic rings. The molecular weight excluding hydrogens is 182 g/mol. The van der Waals surface area contributed by atoms with E-state index in [1.807, 2.05) is 0 Å². The molecule has 0 aromatic heterocycles. The molecule has 1 aliphatic carbocycles. The molecule has 90 valence electrons. The first-order chi connectivity index (χ1) is 7.26. The van der Waals surface area contributed by atoms with Gasteiger partial charge in [0, 0.05) is 0 Å². The largest absolute Gasteiger partial charge is 0.316 e. The topological polar surface area (TPSA) is 12.0 Å². The zero-order chi connectivity index (χ0) is 11.1. The summed E-state index contributed by atoms with van der Waals surface area (Å²) < 4.78 is 0. The van der Waals surface area contributed by atoms with E-state index in [9.17, 15) is 0 Å². The van der Waals surface area contributed by atoms with Crippen LogP contribution in [0.5, 0.6) is 0 Å². The van der Waals surface area contributed by atoms with E-state index in [0.29, 0.717) is 0 Å². The van der Waals surface area contributed by atoms with Gasteiger partial charge in [0.15, 0.2) is 0 Å². The Morgan fingerprint density at radius 3 is 2.20 bits per heavy atom. The van der Waals surface area contributed by atoms with E-state index < -0.39 is 0 Å². The molecule has 1 fully saturated rings. The van der Waals surface area contributed by atoms with Crippen LogP contribution < -0.4 is 5.32 Å². The van der Waals surface area contributed by atoms with E-state index in [4.69, 9.17) is 0 Å². The molecule has 0 atom stereocenters. The third-order valence-corrected chi connectivity index (χ3v) is 4.16. The Labute approximate surface area is 96.0 Å². The molecule has 0 radical (unpaired) electrons. The van der Waals surface area contributed by atoms with Gasteiger partial charge in [0.25, 0.3) is 0 Å². The van der Waals surface area contributed by atoms with Crippen molar-refractivity contribution in [3.05, 3.63) is 0 Å². The fraction of sp³-hybridized carbons (Fsp3) is 1.00. The molecule has 15 heavy (non-hydrogen) atoms. The SMILES string of the molecule is CCC(CC)CNCC1CCC(C)CC1. The zero-order valence-electron chi connectivity index (χ0n) is 10.9. The minimum Gasteiger partial charge on any atom is -0.316 e. The first-order valence-corrected chi connectivity index (χ1v) is 6.96. The predicted molar refractivity (Wildman–Crippen MR) is 68.1 cm³/mol. The van der Waals surface area contributed by atoms with Gasteiger partial charge in [0.2, 0.25) is 0 Å². The summed E-state index contributed by atoms with van der Waals surface area (Å²) in [6, 6.07) is 0. The second-order valence-corrected chi connectivity index (χ2v) is 5.47. The van der Waals surface area contributed by atoms with Crippen LogP contribution in [0.1, 0.15) is 59.3 Å². The molecule has 0 saturated heterocycles. The normalized spacial score (nSPS) is 27.2. The molecule has 0 heterocycles. The van der Waals surface area contributed by atoms with Crippen LogP contribution in [-0.2, 0) is 0 Å². The lowest BCUT2D eigenvalue weighted by atomic mass is 9.83. The van der Waals surface area contributed by atoms with Gasteiger partial charge in [-0.1, -0.05) is 46.5 Å². The fourth-order valence-electron chi connectivity index (χ4n) is 2.60. The van der Waals surface area contributed by atoms with Crippen LogP contribution in [0.15, 0.2) is 0 Å². The van der Waals surface area contributed by atoms with Gasteiger partial charge in [0.05, 0.1) is 0 Å². The first-order valence-electron chi connectivity index (χ1n) is 6.96. The molecule has 1 N–H and O–H groups in total. The highest BCUT2D eigenvalue weighted by molar-refractivity contribution is 4.72. The van der Waals surface area contributed by atoms with Gasteiger partial charge in [-0.25, -0.2) is 0 Å². The van der Waals surface area contributed by atoms with Crippen molar-refractivity contribution in [3.63, 3.8) is 0 Å². The van der Waals surface area contributed by atoms with Crippen LogP contribution in [0.25, 0.3) is 0 Å². The molecule has 1 heteroatoms. The molecule has 1 rings (SSSR count). The summed E-state index contributed by atoms with van der Waals surface area (Å²) >= 11 is 0. The molecule has 1 nitrogen and oxygen atoms in total. The van der Waals surface area contributed by atoms with Crippen molar-refractivity contribution >= 4 is 0 Å². The fourth-order valence-corrected chi connectivity index (χ4v) is 2.60. The summed E-state index contributed by atoms with van der Waals surface area (Å²) in [5.41, 5.74) is 0. The Balaban J connectivity index is 2.04. The molecule has 0 amide bonds. The van der Waals surface area contributed by atoms with Crippen molar-refractivity contribution < 1.29 is 0 Å². The second-order valence-electron chi connectivity index (χ2n) is 5.47. The van der Waals surface area contributed by atoms with Crippen LogP contribution >= 0.6 is 0 Å². The Morgan fingerprint density at radius 2 is 1.67 bits per heavy atom. The summed E-state index contributed by atoms with van der Waals surface area (Å²) in [7, 11) is 0. The predicted octanol–water partition coefficient (Wildman–Crippen LogP) is 3.84. The highest BCUT2D eigenvalue weighted by atomic mass is 14.9. The van der Waals surface area contributed by atoms with Gasteiger partial charge in [-0.3, -0.25) is 0 Å². The summed E-state index contributed by atoms with van der Waals surface area (Å²) in [6.45, 7) is 9.51. The lowest BCUT2D eigenvalue weighted by molar-refractivity contribution is 0.276. The quantitative estimate of drug-likeness (QED) is 0.704. The van der Waals surface area contributed by atoms with Crippen molar-refractivity contribution in [2.75, 3.05) is 13.1 Å². The van der Waals surface area contributed by atoms with E-state index >= 15 is 0 Å². The third kappa shape index (κ3) is 5.01. The molecule has 1 saturated carbocycles. The van der Waals surface area contributed by atoms with Gasteiger partial charge < -0.3 is 5.32 Å². The van der Waals surface area contributed by atoms with Gasteiger partial charge in [-0.2, -0.15) is 0 Å². The molecule has 0 unspecified atom stereocenters. The van der Waals surface area contributed by atoms with Crippen LogP contribution in [-0.4, -0.2) is 13.1 Å². The van der Waals surface area contributed by atoms with Crippen LogP contribution in [0.2, 0.25) is 0 Å². The minimum absolute atomic E-state index is 0.896. The number of rotatable bonds is 6. The Bertz CT molecular complexity index is 143. The van der Waals surface area contributed by atoms with Crippen molar-refractivity contribution in [1.29, 1.82) is 0 Å². The molecule has 0 bridgehead atoms. The van der Waals surface area contributed by atoms with Gasteiger partial charge >= 0.3 is 0 Å². The summed E-state index contributed by atoms with van der Waals surface area (Å²) in [5.74, 6) is 2.85. The lowest BCUT2D eigenvalue weighted by Gasteiger charge is -2.27. The minimum atomic E-state index is 0.896. The van der Waals surface area contributed by atoms with E-state index in [1.54, 1.807) is 0 Å². The number of hydrogen-bond acceptors (Lipinski definition) is 1. The third-order valence-electron chi connectivity index (χ3n) is 4.16.